The van der Waals surface area contributed by atoms with Crippen molar-refractivity contribution in [3.8, 4) is 5.75 Å². The number of carbonyl (C=O) groups excluding carboxylic acids is 1. The van der Waals surface area contributed by atoms with E-state index in [2.05, 4.69) is 5.32 Å². The summed E-state index contributed by atoms with van der Waals surface area (Å²) in [4.78, 5) is 13.0. The number of rotatable bonds is 12. The van der Waals surface area contributed by atoms with Crippen LogP contribution in [0.3, 0.4) is 0 Å². The van der Waals surface area contributed by atoms with Gasteiger partial charge in [-0.25, -0.2) is 13.2 Å². The lowest BCUT2D eigenvalue weighted by atomic mass is 10.1. The zero-order valence-electron chi connectivity index (χ0n) is 22.9. The second-order valence-corrected chi connectivity index (χ2v) is 12.2. The lowest BCUT2D eigenvalue weighted by Gasteiger charge is -2.28. The minimum absolute atomic E-state index is 0.114. The summed E-state index contributed by atoms with van der Waals surface area (Å²) in [7, 11) is -1.98. The molecule has 0 saturated carbocycles. The fourth-order valence-corrected chi connectivity index (χ4v) is 5.17. The minimum Gasteiger partial charge on any atom is -0.497 e. The number of alkyl carbamates (subject to hydrolysis) is 1. The fraction of sp³-hybridized carbons (Fsp3) is 0.323. The summed E-state index contributed by atoms with van der Waals surface area (Å²) >= 11 is 0. The van der Waals surface area contributed by atoms with Crippen LogP contribution in [0.15, 0.2) is 95.9 Å². The molecule has 3 aromatic rings. The molecule has 0 radical (unpaired) electrons. The van der Waals surface area contributed by atoms with Gasteiger partial charge in [0, 0.05) is 0 Å². The Labute approximate surface area is 231 Å². The number of ether oxygens (including phenoxy) is 3. The van der Waals surface area contributed by atoms with Crippen molar-refractivity contribution in [2.24, 2.45) is 0 Å². The summed E-state index contributed by atoms with van der Waals surface area (Å²) in [5.74, 6) is 0.550. The zero-order chi connectivity index (χ0) is 28.3. The van der Waals surface area contributed by atoms with Gasteiger partial charge in [0.05, 0.1) is 36.5 Å². The average Bonchev–Trinajstić information content (AvgIpc) is 2.91. The zero-order valence-corrected chi connectivity index (χ0v) is 23.7. The third kappa shape index (κ3) is 10.2. The van der Waals surface area contributed by atoms with Crippen molar-refractivity contribution in [1.29, 1.82) is 0 Å². The Balaban J connectivity index is 1.88. The molecule has 7 nitrogen and oxygen atoms in total. The predicted octanol–water partition coefficient (Wildman–Crippen LogP) is 6.05. The van der Waals surface area contributed by atoms with Crippen molar-refractivity contribution >= 4 is 22.0 Å². The standard InChI is InChI=1S/C31H37NO6S/c1-31(2,3)38-30(33)32-28(21-22-39(34,35)27-13-9-6-10-14-27)29(20-17-24-11-7-5-8-12-24)37-23-25-15-18-26(36-4)19-16-25/h5-20,28-29H,21-23H2,1-4H3,(H,32,33)/t28-,29-/m0/s1. The second-order valence-electron chi connectivity index (χ2n) is 10.1. The van der Waals surface area contributed by atoms with Crippen molar-refractivity contribution in [2.45, 2.75) is 56.4 Å². The molecule has 0 aliphatic carbocycles. The molecule has 3 rings (SSSR count). The van der Waals surface area contributed by atoms with Crippen LogP contribution in [0.4, 0.5) is 4.79 Å². The highest BCUT2D eigenvalue weighted by Crippen LogP contribution is 2.19. The van der Waals surface area contributed by atoms with Crippen LogP contribution in [-0.2, 0) is 25.9 Å². The molecular formula is C31H37NO6S. The summed E-state index contributed by atoms with van der Waals surface area (Å²) in [6.45, 7) is 5.56. The Kier molecular flexibility index (Phi) is 10.7. The summed E-state index contributed by atoms with van der Waals surface area (Å²) in [5.41, 5.74) is 1.13. The van der Waals surface area contributed by atoms with Gasteiger partial charge in [-0.2, -0.15) is 0 Å². The number of benzene rings is 3. The first-order valence-electron chi connectivity index (χ1n) is 12.8. The summed E-state index contributed by atoms with van der Waals surface area (Å²) in [6, 6.07) is 24.8. The topological polar surface area (TPSA) is 90.9 Å². The smallest absolute Gasteiger partial charge is 0.407 e. The van der Waals surface area contributed by atoms with E-state index >= 15 is 0 Å². The van der Waals surface area contributed by atoms with E-state index in [1.54, 1.807) is 58.2 Å². The van der Waals surface area contributed by atoms with Gasteiger partial charge in [-0.1, -0.05) is 72.8 Å². The molecular weight excluding hydrogens is 514 g/mol. The minimum atomic E-state index is -3.59. The Morgan fingerprint density at radius 1 is 0.923 bits per heavy atom. The molecule has 0 aromatic heterocycles. The largest absolute Gasteiger partial charge is 0.497 e. The number of nitrogens with one attached hydrogen (secondary N) is 1. The Morgan fingerprint density at radius 2 is 1.54 bits per heavy atom. The molecule has 0 spiro atoms. The van der Waals surface area contributed by atoms with Crippen LogP contribution in [0, 0.1) is 0 Å². The molecule has 0 saturated heterocycles. The molecule has 0 heterocycles. The number of hydrogen-bond donors (Lipinski definition) is 1. The molecule has 1 N–H and O–H groups in total. The predicted molar refractivity (Wildman–Crippen MR) is 153 cm³/mol. The van der Waals surface area contributed by atoms with E-state index in [0.717, 1.165) is 16.9 Å². The van der Waals surface area contributed by atoms with Crippen LogP contribution < -0.4 is 10.1 Å². The molecule has 0 aliphatic rings. The normalized spacial score (nSPS) is 13.5. The Bertz CT molecular complexity index is 1300. The average molecular weight is 552 g/mol. The van der Waals surface area contributed by atoms with Crippen LogP contribution in [-0.4, -0.2) is 45.1 Å². The molecule has 39 heavy (non-hydrogen) atoms. The third-order valence-corrected chi connectivity index (χ3v) is 7.54. The summed E-state index contributed by atoms with van der Waals surface area (Å²) < 4.78 is 43.2. The molecule has 1 amide bonds. The highest BCUT2D eigenvalue weighted by molar-refractivity contribution is 7.91. The summed E-state index contributed by atoms with van der Waals surface area (Å²) in [6.07, 6.45) is 2.56. The molecule has 0 fully saturated rings. The van der Waals surface area contributed by atoms with Crippen molar-refractivity contribution in [3.63, 3.8) is 0 Å². The Morgan fingerprint density at radius 3 is 2.13 bits per heavy atom. The summed E-state index contributed by atoms with van der Waals surface area (Å²) in [5, 5.41) is 2.87. The molecule has 208 valence electrons. The van der Waals surface area contributed by atoms with Crippen LogP contribution in [0.1, 0.15) is 38.3 Å². The lowest BCUT2D eigenvalue weighted by Crippen LogP contribution is -2.46. The van der Waals surface area contributed by atoms with E-state index in [0.29, 0.717) is 0 Å². The van der Waals surface area contributed by atoms with Gasteiger partial charge in [0.2, 0.25) is 0 Å². The van der Waals surface area contributed by atoms with E-state index in [1.807, 2.05) is 66.7 Å². The third-order valence-electron chi connectivity index (χ3n) is 5.78. The van der Waals surface area contributed by atoms with E-state index < -0.39 is 33.7 Å². The number of amides is 1. The van der Waals surface area contributed by atoms with Gasteiger partial charge < -0.3 is 19.5 Å². The number of methoxy groups -OCH3 is 1. The van der Waals surface area contributed by atoms with Gasteiger partial charge >= 0.3 is 6.09 Å². The number of hydrogen-bond acceptors (Lipinski definition) is 6. The van der Waals surface area contributed by atoms with Crippen molar-refractivity contribution in [3.05, 3.63) is 102 Å². The maximum atomic E-state index is 13.1. The molecule has 3 aromatic carbocycles. The van der Waals surface area contributed by atoms with Crippen LogP contribution >= 0.6 is 0 Å². The van der Waals surface area contributed by atoms with Gasteiger partial charge in [0.1, 0.15) is 11.4 Å². The molecule has 8 heteroatoms. The van der Waals surface area contributed by atoms with E-state index in [-0.39, 0.29) is 23.7 Å². The van der Waals surface area contributed by atoms with Gasteiger partial charge in [0.15, 0.2) is 9.84 Å². The van der Waals surface area contributed by atoms with Gasteiger partial charge in [0.25, 0.3) is 0 Å². The first kappa shape index (κ1) is 29.9. The molecule has 2 atom stereocenters. The highest BCUT2D eigenvalue weighted by Gasteiger charge is 2.28. The van der Waals surface area contributed by atoms with Crippen LogP contribution in [0.25, 0.3) is 6.08 Å². The second kappa shape index (κ2) is 14.0. The SMILES string of the molecule is COc1ccc(CO[C@@H](C=Cc2ccccc2)[C@H](CCS(=O)(=O)c2ccccc2)NC(=O)OC(C)(C)C)cc1. The maximum Gasteiger partial charge on any atom is 0.407 e. The molecule has 0 unspecified atom stereocenters. The highest BCUT2D eigenvalue weighted by atomic mass is 32.2. The van der Waals surface area contributed by atoms with Gasteiger partial charge in [-0.15, -0.1) is 0 Å². The lowest BCUT2D eigenvalue weighted by molar-refractivity contribution is 0.0261. The quantitative estimate of drug-likeness (QED) is 0.295. The first-order chi connectivity index (χ1) is 18.6. The van der Waals surface area contributed by atoms with Crippen molar-refractivity contribution in [2.75, 3.05) is 12.9 Å². The van der Waals surface area contributed by atoms with Gasteiger partial charge in [-0.05, 0) is 62.6 Å². The maximum absolute atomic E-state index is 13.1. The Hall–Kier alpha value is -3.62. The fourth-order valence-electron chi connectivity index (χ4n) is 3.80. The first-order valence-corrected chi connectivity index (χ1v) is 14.5. The number of sulfone groups is 1. The molecule has 0 bridgehead atoms. The van der Waals surface area contributed by atoms with Gasteiger partial charge in [-0.3, -0.25) is 0 Å². The van der Waals surface area contributed by atoms with E-state index in [4.69, 9.17) is 14.2 Å². The van der Waals surface area contributed by atoms with Crippen LogP contribution in [0.2, 0.25) is 0 Å². The number of carbonyl (C=O) groups is 1. The van der Waals surface area contributed by atoms with Crippen molar-refractivity contribution < 1.29 is 27.4 Å². The monoisotopic (exact) mass is 551 g/mol. The van der Waals surface area contributed by atoms with Crippen LogP contribution in [0.5, 0.6) is 5.75 Å². The van der Waals surface area contributed by atoms with Crippen molar-refractivity contribution in [1.82, 2.24) is 5.32 Å². The van der Waals surface area contributed by atoms with E-state index in [9.17, 15) is 13.2 Å². The molecule has 0 aliphatic heterocycles. The van der Waals surface area contributed by atoms with E-state index in [1.165, 1.54) is 0 Å².